The Morgan fingerprint density at radius 1 is 1.04 bits per heavy atom. The van der Waals surface area contributed by atoms with Crippen LogP contribution in [-0.4, -0.2) is 32.1 Å². The Morgan fingerprint density at radius 2 is 1.75 bits per heavy atom. The van der Waals surface area contributed by atoms with Gasteiger partial charge >= 0.3 is 5.97 Å². The van der Waals surface area contributed by atoms with Gasteiger partial charge in [-0.25, -0.2) is 4.79 Å². The van der Waals surface area contributed by atoms with Gasteiger partial charge in [-0.15, -0.1) is 0 Å². The molecule has 0 saturated heterocycles. The van der Waals surface area contributed by atoms with Crippen molar-refractivity contribution in [3.8, 4) is 5.75 Å². The Morgan fingerprint density at radius 3 is 2.42 bits per heavy atom. The maximum atomic E-state index is 13.1. The van der Waals surface area contributed by atoms with E-state index in [1.807, 2.05) is 24.3 Å². The second-order valence-electron chi connectivity index (χ2n) is 5.61. The minimum Gasteiger partial charge on any atom is -0.497 e. The number of hydrogen-bond donors (Lipinski definition) is 0. The lowest BCUT2D eigenvalue weighted by Crippen LogP contribution is -2.48. The molecule has 0 bridgehead atoms. The number of nitrogens with zero attached hydrogens (tertiary/aromatic N) is 1. The molecule has 2 aromatic carbocycles. The van der Waals surface area contributed by atoms with Gasteiger partial charge in [0.25, 0.3) is 5.91 Å². The summed E-state index contributed by atoms with van der Waals surface area (Å²) < 4.78 is 10.0. The summed E-state index contributed by atoms with van der Waals surface area (Å²) in [6, 6.07) is 13.9. The number of anilines is 1. The minimum atomic E-state index is -0.612. The largest absolute Gasteiger partial charge is 0.497 e. The summed E-state index contributed by atoms with van der Waals surface area (Å²) in [5, 5.41) is 0. The van der Waals surface area contributed by atoms with Gasteiger partial charge in [0.2, 0.25) is 0 Å². The normalized spacial score (nSPS) is 16.2. The van der Waals surface area contributed by atoms with E-state index in [4.69, 9.17) is 9.47 Å². The molecule has 3 rings (SSSR count). The molecule has 0 radical (unpaired) electrons. The summed E-state index contributed by atoms with van der Waals surface area (Å²) in [4.78, 5) is 26.8. The SMILES string of the molecule is COC(=O)C1CCc2ccccc2N1C(=O)c1ccc(OC)cc1. The Hall–Kier alpha value is -2.82. The molecule has 1 aliphatic heterocycles. The molecule has 0 fully saturated rings. The molecule has 24 heavy (non-hydrogen) atoms. The lowest BCUT2D eigenvalue weighted by molar-refractivity contribution is -0.142. The lowest BCUT2D eigenvalue weighted by Gasteiger charge is -2.35. The van der Waals surface area contributed by atoms with Crippen LogP contribution in [0, 0.1) is 0 Å². The molecule has 0 N–H and O–H groups in total. The monoisotopic (exact) mass is 325 g/mol. The topological polar surface area (TPSA) is 55.8 Å². The standard InChI is InChI=1S/C19H19NO4/c1-23-15-10-7-14(8-11-15)18(21)20-16-6-4-3-5-13(16)9-12-17(20)19(22)24-2/h3-8,10-11,17H,9,12H2,1-2H3. The van der Waals surface area contributed by atoms with Crippen LogP contribution in [0.1, 0.15) is 22.3 Å². The van der Waals surface area contributed by atoms with E-state index in [9.17, 15) is 9.59 Å². The van der Waals surface area contributed by atoms with Crippen molar-refractivity contribution in [2.75, 3.05) is 19.1 Å². The zero-order chi connectivity index (χ0) is 17.1. The Balaban J connectivity index is 2.02. The lowest BCUT2D eigenvalue weighted by atomic mass is 9.94. The molecule has 0 aliphatic carbocycles. The molecule has 5 nitrogen and oxygen atoms in total. The summed E-state index contributed by atoms with van der Waals surface area (Å²) in [6.07, 6.45) is 1.29. The summed E-state index contributed by atoms with van der Waals surface area (Å²) >= 11 is 0. The third-order valence-corrected chi connectivity index (χ3v) is 4.28. The van der Waals surface area contributed by atoms with Crippen LogP contribution < -0.4 is 9.64 Å². The minimum absolute atomic E-state index is 0.222. The van der Waals surface area contributed by atoms with Crippen LogP contribution in [0.4, 0.5) is 5.69 Å². The second-order valence-corrected chi connectivity index (χ2v) is 5.61. The van der Waals surface area contributed by atoms with Gasteiger partial charge in [0, 0.05) is 11.3 Å². The number of fused-ring (bicyclic) bond motifs is 1. The molecule has 5 heteroatoms. The predicted octanol–water partition coefficient (Wildman–Crippen LogP) is 2.83. The zero-order valence-corrected chi connectivity index (χ0v) is 13.7. The van der Waals surface area contributed by atoms with Gasteiger partial charge in [0.1, 0.15) is 11.8 Å². The average Bonchev–Trinajstić information content (AvgIpc) is 2.66. The number of esters is 1. The third-order valence-electron chi connectivity index (χ3n) is 4.28. The molecule has 1 atom stereocenters. The first kappa shape index (κ1) is 16.1. The fourth-order valence-electron chi connectivity index (χ4n) is 3.03. The summed E-state index contributed by atoms with van der Waals surface area (Å²) in [6.45, 7) is 0. The Labute approximate surface area is 140 Å². The van der Waals surface area contributed by atoms with Crippen LogP contribution in [0.2, 0.25) is 0 Å². The number of benzene rings is 2. The van der Waals surface area contributed by atoms with Crippen LogP contribution in [0.5, 0.6) is 5.75 Å². The van der Waals surface area contributed by atoms with E-state index in [1.54, 1.807) is 36.3 Å². The Bertz CT molecular complexity index is 754. The van der Waals surface area contributed by atoms with E-state index in [0.29, 0.717) is 17.7 Å². The molecule has 2 aromatic rings. The molecule has 0 spiro atoms. The van der Waals surface area contributed by atoms with Crippen molar-refractivity contribution < 1.29 is 19.1 Å². The van der Waals surface area contributed by atoms with Gasteiger partial charge in [-0.3, -0.25) is 9.69 Å². The highest BCUT2D eigenvalue weighted by Crippen LogP contribution is 2.32. The molecule has 1 amide bonds. The van der Waals surface area contributed by atoms with Crippen LogP contribution in [0.3, 0.4) is 0 Å². The Kier molecular flexibility index (Phi) is 4.51. The summed E-state index contributed by atoms with van der Waals surface area (Å²) in [7, 11) is 2.92. The molecule has 124 valence electrons. The number of para-hydroxylation sites is 1. The van der Waals surface area contributed by atoms with Crippen molar-refractivity contribution in [1.82, 2.24) is 0 Å². The molecular formula is C19H19NO4. The van der Waals surface area contributed by atoms with Crippen molar-refractivity contribution in [2.45, 2.75) is 18.9 Å². The molecule has 1 heterocycles. The van der Waals surface area contributed by atoms with Gasteiger partial charge in [0.15, 0.2) is 0 Å². The van der Waals surface area contributed by atoms with Gasteiger partial charge in [-0.05, 0) is 48.7 Å². The van der Waals surface area contributed by atoms with Crippen LogP contribution in [-0.2, 0) is 16.0 Å². The van der Waals surface area contributed by atoms with Crippen LogP contribution in [0.25, 0.3) is 0 Å². The van der Waals surface area contributed by atoms with Crippen LogP contribution in [0.15, 0.2) is 48.5 Å². The first-order valence-electron chi connectivity index (χ1n) is 7.79. The van der Waals surface area contributed by atoms with Crippen molar-refractivity contribution >= 4 is 17.6 Å². The molecule has 1 aliphatic rings. The average molecular weight is 325 g/mol. The number of methoxy groups -OCH3 is 2. The predicted molar refractivity (Wildman–Crippen MR) is 90.4 cm³/mol. The van der Waals surface area contributed by atoms with Gasteiger partial charge in [-0.2, -0.15) is 0 Å². The highest BCUT2D eigenvalue weighted by atomic mass is 16.5. The van der Waals surface area contributed by atoms with E-state index in [0.717, 1.165) is 17.7 Å². The number of aryl methyl sites for hydroxylation is 1. The number of rotatable bonds is 3. The number of amides is 1. The number of carbonyl (C=O) groups is 2. The first-order valence-corrected chi connectivity index (χ1v) is 7.79. The maximum absolute atomic E-state index is 13.1. The van der Waals surface area contributed by atoms with Gasteiger partial charge in [-0.1, -0.05) is 18.2 Å². The quantitative estimate of drug-likeness (QED) is 0.814. The third kappa shape index (κ3) is 2.85. The van der Waals surface area contributed by atoms with Crippen molar-refractivity contribution in [1.29, 1.82) is 0 Å². The number of ether oxygens (including phenoxy) is 2. The fraction of sp³-hybridized carbons (Fsp3) is 0.263. The molecule has 1 unspecified atom stereocenters. The van der Waals surface area contributed by atoms with Gasteiger partial charge < -0.3 is 9.47 Å². The molecule has 0 saturated carbocycles. The van der Waals surface area contributed by atoms with E-state index < -0.39 is 12.0 Å². The number of carbonyl (C=O) groups excluding carboxylic acids is 2. The van der Waals surface area contributed by atoms with E-state index in [-0.39, 0.29) is 5.91 Å². The van der Waals surface area contributed by atoms with Crippen LogP contribution >= 0.6 is 0 Å². The first-order chi connectivity index (χ1) is 11.7. The maximum Gasteiger partial charge on any atom is 0.328 e. The summed E-state index contributed by atoms with van der Waals surface area (Å²) in [5.74, 6) is 0.0571. The van der Waals surface area contributed by atoms with Crippen molar-refractivity contribution in [3.05, 3.63) is 59.7 Å². The van der Waals surface area contributed by atoms with E-state index in [2.05, 4.69) is 0 Å². The highest BCUT2D eigenvalue weighted by Gasteiger charge is 2.36. The van der Waals surface area contributed by atoms with E-state index in [1.165, 1.54) is 7.11 Å². The van der Waals surface area contributed by atoms with Crippen molar-refractivity contribution in [2.24, 2.45) is 0 Å². The molecular weight excluding hydrogens is 306 g/mol. The molecule has 0 aromatic heterocycles. The number of hydrogen-bond acceptors (Lipinski definition) is 4. The smallest absolute Gasteiger partial charge is 0.328 e. The zero-order valence-electron chi connectivity index (χ0n) is 13.7. The second kappa shape index (κ2) is 6.74. The van der Waals surface area contributed by atoms with Crippen molar-refractivity contribution in [3.63, 3.8) is 0 Å². The van der Waals surface area contributed by atoms with E-state index >= 15 is 0 Å². The van der Waals surface area contributed by atoms with Gasteiger partial charge in [0.05, 0.1) is 14.2 Å². The highest BCUT2D eigenvalue weighted by molar-refractivity contribution is 6.10. The summed E-state index contributed by atoms with van der Waals surface area (Å²) in [5.41, 5.74) is 2.32. The fourth-order valence-corrected chi connectivity index (χ4v) is 3.03.